The van der Waals surface area contributed by atoms with Crippen molar-refractivity contribution in [1.82, 2.24) is 9.66 Å². The summed E-state index contributed by atoms with van der Waals surface area (Å²) in [7, 11) is 0. The van der Waals surface area contributed by atoms with E-state index in [2.05, 4.69) is 10.1 Å². The van der Waals surface area contributed by atoms with Gasteiger partial charge in [-0.3, -0.25) is 4.79 Å². The Morgan fingerprint density at radius 2 is 2.20 bits per heavy atom. The van der Waals surface area contributed by atoms with Crippen molar-refractivity contribution in [2.24, 2.45) is 5.10 Å². The van der Waals surface area contributed by atoms with Gasteiger partial charge in [-0.25, -0.2) is 9.78 Å². The van der Waals surface area contributed by atoms with Crippen molar-refractivity contribution in [2.75, 3.05) is 6.61 Å². The van der Waals surface area contributed by atoms with Gasteiger partial charge in [0, 0.05) is 10.6 Å². The van der Waals surface area contributed by atoms with Crippen molar-refractivity contribution in [2.45, 2.75) is 13.8 Å². The minimum atomic E-state index is -0.450. The fraction of sp³-hybridized carbons (Fsp3) is 0.176. The molecular formula is C17H14ClN3O3S. The monoisotopic (exact) mass is 375 g/mol. The van der Waals surface area contributed by atoms with Crippen LogP contribution in [-0.4, -0.2) is 28.5 Å². The second-order valence-electron chi connectivity index (χ2n) is 5.12. The number of halogens is 1. The van der Waals surface area contributed by atoms with Crippen molar-refractivity contribution >= 4 is 45.3 Å². The Morgan fingerprint density at radius 3 is 2.92 bits per heavy atom. The Bertz CT molecular complexity index is 1040. The summed E-state index contributed by atoms with van der Waals surface area (Å²) in [6.07, 6.45) is 2.81. The zero-order valence-electron chi connectivity index (χ0n) is 13.5. The van der Waals surface area contributed by atoms with Gasteiger partial charge >= 0.3 is 5.97 Å². The van der Waals surface area contributed by atoms with Crippen LogP contribution < -0.4 is 5.56 Å². The highest BCUT2D eigenvalue weighted by Crippen LogP contribution is 2.27. The first-order chi connectivity index (χ1) is 12.0. The van der Waals surface area contributed by atoms with E-state index in [9.17, 15) is 9.59 Å². The van der Waals surface area contributed by atoms with Crippen LogP contribution in [0.3, 0.4) is 0 Å². The maximum Gasteiger partial charge on any atom is 0.348 e. The number of aromatic nitrogens is 2. The van der Waals surface area contributed by atoms with Gasteiger partial charge in [0.25, 0.3) is 5.56 Å². The van der Waals surface area contributed by atoms with Crippen molar-refractivity contribution in [3.8, 4) is 0 Å². The normalized spacial score (nSPS) is 11.3. The van der Waals surface area contributed by atoms with Gasteiger partial charge in [0.2, 0.25) is 0 Å². The number of thiophene rings is 1. The van der Waals surface area contributed by atoms with Gasteiger partial charge in [-0.2, -0.15) is 9.78 Å². The van der Waals surface area contributed by atoms with Crippen molar-refractivity contribution in [1.29, 1.82) is 0 Å². The van der Waals surface area contributed by atoms with Crippen molar-refractivity contribution in [3.63, 3.8) is 0 Å². The maximum absolute atomic E-state index is 12.7. The number of carbonyl (C=O) groups is 1. The molecule has 0 aliphatic carbocycles. The first-order valence-electron chi connectivity index (χ1n) is 7.49. The van der Waals surface area contributed by atoms with E-state index in [0.717, 1.165) is 16.0 Å². The zero-order chi connectivity index (χ0) is 18.0. The lowest BCUT2D eigenvalue weighted by Crippen LogP contribution is -2.17. The number of esters is 1. The molecule has 6 nitrogen and oxygen atoms in total. The number of benzene rings is 1. The smallest absolute Gasteiger partial charge is 0.348 e. The standard InChI is InChI=1S/C17H14ClN3O3S/c1-3-24-17(23)14-10(2)13-15(25-14)19-9-21(16(13)22)20-8-11-6-4-5-7-12(11)18/h4-9H,3H2,1-2H3. The van der Waals surface area contributed by atoms with Gasteiger partial charge in [0.05, 0.1) is 18.2 Å². The lowest BCUT2D eigenvalue weighted by Gasteiger charge is -2.00. The molecule has 2 heterocycles. The number of carbonyl (C=O) groups excluding carboxylic acids is 1. The molecule has 0 saturated heterocycles. The number of fused-ring (bicyclic) bond motifs is 1. The Labute approximate surface area is 152 Å². The topological polar surface area (TPSA) is 73.5 Å². The number of ether oxygens (including phenoxy) is 1. The third-order valence-electron chi connectivity index (χ3n) is 3.52. The summed E-state index contributed by atoms with van der Waals surface area (Å²) < 4.78 is 6.14. The molecule has 0 fully saturated rings. The van der Waals surface area contributed by atoms with E-state index in [-0.39, 0.29) is 12.2 Å². The number of nitrogens with zero attached hydrogens (tertiary/aromatic N) is 3. The molecule has 2 aromatic heterocycles. The van der Waals surface area contributed by atoms with Gasteiger partial charge in [0.1, 0.15) is 16.0 Å². The highest BCUT2D eigenvalue weighted by molar-refractivity contribution is 7.20. The van der Waals surface area contributed by atoms with Crippen LogP contribution in [0.2, 0.25) is 5.02 Å². The second kappa shape index (κ2) is 7.16. The first kappa shape index (κ1) is 17.3. The largest absolute Gasteiger partial charge is 0.462 e. The lowest BCUT2D eigenvalue weighted by atomic mass is 10.2. The van der Waals surface area contributed by atoms with Crippen LogP contribution in [0.15, 0.2) is 40.5 Å². The summed E-state index contributed by atoms with van der Waals surface area (Å²) in [6, 6.07) is 7.16. The van der Waals surface area contributed by atoms with Crippen molar-refractivity contribution in [3.05, 3.63) is 62.0 Å². The molecule has 0 N–H and O–H groups in total. The summed E-state index contributed by atoms with van der Waals surface area (Å²) >= 11 is 7.21. The summed E-state index contributed by atoms with van der Waals surface area (Å²) in [5, 5.41) is 5.04. The Morgan fingerprint density at radius 1 is 1.44 bits per heavy atom. The number of hydrogen-bond donors (Lipinski definition) is 0. The van der Waals surface area contributed by atoms with E-state index in [4.69, 9.17) is 16.3 Å². The van der Waals surface area contributed by atoms with E-state index in [1.165, 1.54) is 12.5 Å². The highest BCUT2D eigenvalue weighted by Gasteiger charge is 2.20. The summed E-state index contributed by atoms with van der Waals surface area (Å²) in [4.78, 5) is 29.8. The van der Waals surface area contributed by atoms with Crippen LogP contribution in [0.25, 0.3) is 10.2 Å². The molecule has 0 bridgehead atoms. The molecule has 0 atom stereocenters. The maximum atomic E-state index is 12.7. The third kappa shape index (κ3) is 3.33. The molecule has 0 spiro atoms. The molecule has 8 heteroatoms. The molecule has 3 rings (SSSR count). The predicted octanol–water partition coefficient (Wildman–Crippen LogP) is 3.48. The van der Waals surface area contributed by atoms with Crippen LogP contribution in [0.5, 0.6) is 0 Å². The summed E-state index contributed by atoms with van der Waals surface area (Å²) in [5.74, 6) is -0.450. The van der Waals surface area contributed by atoms with E-state index in [1.54, 1.807) is 26.0 Å². The Hall–Kier alpha value is -2.51. The Kier molecular flexibility index (Phi) is 4.96. The van der Waals surface area contributed by atoms with E-state index < -0.39 is 5.97 Å². The molecule has 0 unspecified atom stereocenters. The minimum Gasteiger partial charge on any atom is -0.462 e. The molecule has 0 radical (unpaired) electrons. The minimum absolute atomic E-state index is 0.270. The molecule has 0 aliphatic heterocycles. The van der Waals surface area contributed by atoms with Gasteiger partial charge in [-0.05, 0) is 25.5 Å². The van der Waals surface area contributed by atoms with Crippen LogP contribution in [0.4, 0.5) is 0 Å². The summed E-state index contributed by atoms with van der Waals surface area (Å²) in [6.45, 7) is 3.71. The molecule has 3 aromatic rings. The van der Waals surface area contributed by atoms with E-state index >= 15 is 0 Å². The van der Waals surface area contributed by atoms with Crippen LogP contribution >= 0.6 is 22.9 Å². The molecule has 0 aliphatic rings. The Balaban J connectivity index is 2.06. The average Bonchev–Trinajstić information content (AvgIpc) is 2.93. The first-order valence-corrected chi connectivity index (χ1v) is 8.69. The number of hydrogen-bond acceptors (Lipinski definition) is 6. The predicted molar refractivity (Wildman–Crippen MR) is 99.0 cm³/mol. The van der Waals surface area contributed by atoms with E-state index in [0.29, 0.717) is 31.2 Å². The summed E-state index contributed by atoms with van der Waals surface area (Å²) in [5.41, 5.74) is 0.890. The van der Waals surface area contributed by atoms with Crippen LogP contribution in [-0.2, 0) is 4.74 Å². The fourth-order valence-electron chi connectivity index (χ4n) is 2.29. The van der Waals surface area contributed by atoms with Crippen molar-refractivity contribution < 1.29 is 9.53 Å². The molecule has 0 saturated carbocycles. The average molecular weight is 376 g/mol. The van der Waals surface area contributed by atoms with E-state index in [1.807, 2.05) is 12.1 Å². The molecule has 0 amide bonds. The highest BCUT2D eigenvalue weighted by atomic mass is 35.5. The lowest BCUT2D eigenvalue weighted by molar-refractivity contribution is 0.0531. The third-order valence-corrected chi connectivity index (χ3v) is 5.05. The second-order valence-corrected chi connectivity index (χ2v) is 6.52. The molecule has 128 valence electrons. The number of rotatable bonds is 4. The molecule has 1 aromatic carbocycles. The van der Waals surface area contributed by atoms with Gasteiger partial charge < -0.3 is 4.74 Å². The van der Waals surface area contributed by atoms with Crippen LogP contribution in [0, 0.1) is 6.92 Å². The fourth-order valence-corrected chi connectivity index (χ4v) is 3.51. The van der Waals surface area contributed by atoms with Gasteiger partial charge in [-0.1, -0.05) is 29.8 Å². The van der Waals surface area contributed by atoms with Gasteiger partial charge in [0.15, 0.2) is 0 Å². The SMILES string of the molecule is CCOC(=O)c1sc2ncn(N=Cc3ccccc3Cl)c(=O)c2c1C. The number of aryl methyl sites for hydroxylation is 1. The van der Waals surface area contributed by atoms with Gasteiger partial charge in [-0.15, -0.1) is 11.3 Å². The molecule has 25 heavy (non-hydrogen) atoms. The zero-order valence-corrected chi connectivity index (χ0v) is 15.1. The quantitative estimate of drug-likeness (QED) is 0.517. The van der Waals surface area contributed by atoms with Crippen LogP contribution in [0.1, 0.15) is 27.7 Å². The molecular weight excluding hydrogens is 362 g/mol.